The highest BCUT2D eigenvalue weighted by atomic mass is 32.2. The quantitative estimate of drug-likeness (QED) is 0.402. The normalized spacial score (nSPS) is 13.9. The van der Waals surface area contributed by atoms with Crippen LogP contribution in [0.15, 0.2) is 28.2 Å². The first-order valence-electron chi connectivity index (χ1n) is 9.58. The van der Waals surface area contributed by atoms with Gasteiger partial charge in [-0.05, 0) is 37.5 Å². The third kappa shape index (κ3) is 4.38. The SMILES string of the molecule is CCCCn1c(SCC(=O)N2CCCC2)nc2cc(C(=O)OC)ccc2c1=O. The van der Waals surface area contributed by atoms with Gasteiger partial charge in [0.2, 0.25) is 5.91 Å². The lowest BCUT2D eigenvalue weighted by molar-refractivity contribution is -0.127. The van der Waals surface area contributed by atoms with Crippen LogP contribution in [0.5, 0.6) is 0 Å². The molecule has 0 N–H and O–H groups in total. The molecule has 1 saturated heterocycles. The minimum absolute atomic E-state index is 0.0715. The molecule has 28 heavy (non-hydrogen) atoms. The molecule has 0 bridgehead atoms. The standard InChI is InChI=1S/C20H25N3O4S/c1-3-4-11-23-18(25)15-8-7-14(19(26)27-2)12-16(15)21-20(23)28-13-17(24)22-9-5-6-10-22/h7-8,12H,3-6,9-11,13H2,1-2H3. The van der Waals surface area contributed by atoms with Gasteiger partial charge in [0.15, 0.2) is 5.16 Å². The Kier molecular flexibility index (Phi) is 6.72. The number of carbonyl (C=O) groups excluding carboxylic acids is 2. The molecular formula is C20H25N3O4S. The molecule has 150 valence electrons. The summed E-state index contributed by atoms with van der Waals surface area (Å²) in [5.74, 6) is -0.153. The Morgan fingerprint density at radius 3 is 2.68 bits per heavy atom. The van der Waals surface area contributed by atoms with Crippen LogP contribution < -0.4 is 5.56 Å². The van der Waals surface area contributed by atoms with E-state index in [2.05, 4.69) is 11.9 Å². The van der Waals surface area contributed by atoms with Gasteiger partial charge in [-0.2, -0.15) is 0 Å². The predicted octanol–water partition coefficient (Wildman–Crippen LogP) is 2.70. The summed E-state index contributed by atoms with van der Waals surface area (Å²) in [6.07, 6.45) is 3.88. The Hall–Kier alpha value is -2.35. The van der Waals surface area contributed by atoms with Gasteiger partial charge in [-0.25, -0.2) is 9.78 Å². The summed E-state index contributed by atoms with van der Waals surface area (Å²) in [6.45, 7) is 4.22. The molecule has 1 aromatic heterocycles. The van der Waals surface area contributed by atoms with Crippen LogP contribution >= 0.6 is 11.8 Å². The van der Waals surface area contributed by atoms with Crippen LogP contribution in [-0.4, -0.2) is 52.3 Å². The van der Waals surface area contributed by atoms with Gasteiger partial charge in [0, 0.05) is 19.6 Å². The van der Waals surface area contributed by atoms with Crippen LogP contribution in [0.4, 0.5) is 0 Å². The van der Waals surface area contributed by atoms with Crippen LogP contribution in [0.25, 0.3) is 10.9 Å². The number of likely N-dealkylation sites (tertiary alicyclic amines) is 1. The van der Waals surface area contributed by atoms with E-state index in [0.717, 1.165) is 38.8 Å². The molecule has 0 saturated carbocycles. The number of unbranched alkanes of at least 4 members (excludes halogenated alkanes) is 1. The summed E-state index contributed by atoms with van der Waals surface area (Å²) in [4.78, 5) is 43.7. The molecule has 1 aliphatic heterocycles. The monoisotopic (exact) mass is 403 g/mol. The second-order valence-corrected chi connectivity index (χ2v) is 7.75. The smallest absolute Gasteiger partial charge is 0.337 e. The van der Waals surface area contributed by atoms with Crippen molar-refractivity contribution in [2.45, 2.75) is 44.3 Å². The van der Waals surface area contributed by atoms with Crippen molar-refractivity contribution in [3.8, 4) is 0 Å². The molecule has 7 nitrogen and oxygen atoms in total. The molecule has 0 unspecified atom stereocenters. The molecule has 0 spiro atoms. The van der Waals surface area contributed by atoms with Gasteiger partial charge in [-0.1, -0.05) is 25.1 Å². The van der Waals surface area contributed by atoms with E-state index in [1.807, 2.05) is 4.90 Å². The van der Waals surface area contributed by atoms with Crippen molar-refractivity contribution in [1.29, 1.82) is 0 Å². The number of rotatable bonds is 7. The van der Waals surface area contributed by atoms with Gasteiger partial charge >= 0.3 is 5.97 Å². The summed E-state index contributed by atoms with van der Waals surface area (Å²) >= 11 is 1.29. The Morgan fingerprint density at radius 1 is 1.25 bits per heavy atom. The lowest BCUT2D eigenvalue weighted by atomic mass is 10.1. The summed E-state index contributed by atoms with van der Waals surface area (Å²) in [5, 5.41) is 0.972. The van der Waals surface area contributed by atoms with Crippen LogP contribution in [-0.2, 0) is 16.1 Å². The molecule has 0 radical (unpaired) electrons. The molecule has 0 atom stereocenters. The van der Waals surface area contributed by atoms with Crippen molar-refractivity contribution in [3.63, 3.8) is 0 Å². The molecule has 2 heterocycles. The van der Waals surface area contributed by atoms with Crippen molar-refractivity contribution in [2.24, 2.45) is 0 Å². The highest BCUT2D eigenvalue weighted by Gasteiger charge is 2.20. The predicted molar refractivity (Wildman–Crippen MR) is 109 cm³/mol. The van der Waals surface area contributed by atoms with Gasteiger partial charge in [0.25, 0.3) is 5.56 Å². The summed E-state index contributed by atoms with van der Waals surface area (Å²) in [5.41, 5.74) is 0.639. The first-order chi connectivity index (χ1) is 13.5. The fourth-order valence-corrected chi connectivity index (χ4v) is 4.18. The summed E-state index contributed by atoms with van der Waals surface area (Å²) in [7, 11) is 1.31. The number of amides is 1. The molecule has 1 amide bonds. The van der Waals surface area contributed by atoms with Crippen LogP contribution in [0, 0.1) is 0 Å². The number of esters is 1. The van der Waals surface area contributed by atoms with E-state index in [-0.39, 0.29) is 17.2 Å². The molecule has 8 heteroatoms. The number of fused-ring (bicyclic) bond motifs is 1. The highest BCUT2D eigenvalue weighted by Crippen LogP contribution is 2.21. The minimum Gasteiger partial charge on any atom is -0.465 e. The number of thioether (sulfide) groups is 1. The van der Waals surface area contributed by atoms with E-state index in [9.17, 15) is 14.4 Å². The minimum atomic E-state index is -0.475. The number of hydrogen-bond acceptors (Lipinski definition) is 6. The fourth-order valence-electron chi connectivity index (χ4n) is 3.25. The van der Waals surface area contributed by atoms with E-state index < -0.39 is 5.97 Å². The van der Waals surface area contributed by atoms with Gasteiger partial charge in [0.1, 0.15) is 0 Å². The third-order valence-electron chi connectivity index (χ3n) is 4.86. The molecule has 2 aromatic rings. The van der Waals surface area contributed by atoms with Crippen LogP contribution in [0.3, 0.4) is 0 Å². The second kappa shape index (κ2) is 9.23. The lowest BCUT2D eigenvalue weighted by Crippen LogP contribution is -2.30. The average Bonchev–Trinajstić information content (AvgIpc) is 3.25. The molecule has 1 aromatic carbocycles. The van der Waals surface area contributed by atoms with E-state index in [1.165, 1.54) is 18.9 Å². The summed E-state index contributed by atoms with van der Waals surface area (Å²) < 4.78 is 6.40. The topological polar surface area (TPSA) is 81.5 Å². The van der Waals surface area contributed by atoms with Crippen LogP contribution in [0.2, 0.25) is 0 Å². The van der Waals surface area contributed by atoms with Crippen molar-refractivity contribution < 1.29 is 14.3 Å². The Morgan fingerprint density at radius 2 is 2.00 bits per heavy atom. The third-order valence-corrected chi connectivity index (χ3v) is 5.82. The number of aromatic nitrogens is 2. The maximum absolute atomic E-state index is 13.0. The molecular weight excluding hydrogens is 378 g/mol. The average molecular weight is 404 g/mol. The van der Waals surface area contributed by atoms with Crippen molar-refractivity contribution in [2.75, 3.05) is 26.0 Å². The number of hydrogen-bond donors (Lipinski definition) is 0. The molecule has 1 fully saturated rings. The number of nitrogens with zero attached hydrogens (tertiary/aromatic N) is 3. The fraction of sp³-hybridized carbons (Fsp3) is 0.500. The van der Waals surface area contributed by atoms with E-state index in [4.69, 9.17) is 4.74 Å². The zero-order valence-corrected chi connectivity index (χ0v) is 17.1. The first kappa shape index (κ1) is 20.4. The highest BCUT2D eigenvalue weighted by molar-refractivity contribution is 7.99. The zero-order chi connectivity index (χ0) is 20.1. The van der Waals surface area contributed by atoms with Crippen molar-refractivity contribution >= 4 is 34.5 Å². The second-order valence-electron chi connectivity index (χ2n) is 6.80. The van der Waals surface area contributed by atoms with E-state index >= 15 is 0 Å². The maximum atomic E-state index is 13.0. The Balaban J connectivity index is 1.95. The molecule has 1 aliphatic rings. The first-order valence-corrected chi connectivity index (χ1v) is 10.6. The Bertz CT molecular complexity index is 935. The van der Waals surface area contributed by atoms with Crippen molar-refractivity contribution in [1.82, 2.24) is 14.5 Å². The van der Waals surface area contributed by atoms with Crippen LogP contribution in [0.1, 0.15) is 43.0 Å². The largest absolute Gasteiger partial charge is 0.465 e. The van der Waals surface area contributed by atoms with E-state index in [1.54, 1.807) is 22.8 Å². The van der Waals surface area contributed by atoms with Crippen molar-refractivity contribution in [3.05, 3.63) is 34.1 Å². The van der Waals surface area contributed by atoms with Gasteiger partial charge in [-0.3, -0.25) is 14.2 Å². The molecule has 0 aliphatic carbocycles. The number of benzene rings is 1. The van der Waals surface area contributed by atoms with Gasteiger partial charge < -0.3 is 9.64 Å². The Labute approximate surface area is 168 Å². The van der Waals surface area contributed by atoms with E-state index in [0.29, 0.717) is 28.2 Å². The maximum Gasteiger partial charge on any atom is 0.337 e. The molecule has 3 rings (SSSR count). The zero-order valence-electron chi connectivity index (χ0n) is 16.3. The van der Waals surface area contributed by atoms with Gasteiger partial charge in [-0.15, -0.1) is 0 Å². The number of methoxy groups -OCH3 is 1. The van der Waals surface area contributed by atoms with Gasteiger partial charge in [0.05, 0.1) is 29.3 Å². The number of carbonyl (C=O) groups is 2. The number of ether oxygens (including phenoxy) is 1. The lowest BCUT2D eigenvalue weighted by Gasteiger charge is -2.16. The summed E-state index contributed by atoms with van der Waals surface area (Å²) in [6, 6.07) is 4.76.